The van der Waals surface area contributed by atoms with Gasteiger partial charge in [0.1, 0.15) is 5.75 Å². The van der Waals surface area contributed by atoms with Gasteiger partial charge in [-0.1, -0.05) is 48.0 Å². The second kappa shape index (κ2) is 17.8. The number of rotatable bonds is 8. The molecule has 3 heterocycles. The fraction of sp³-hybridized carbons (Fsp3) is 0.568. The summed E-state index contributed by atoms with van der Waals surface area (Å²) in [6.45, 7) is 10.5. The van der Waals surface area contributed by atoms with Gasteiger partial charge in [-0.05, 0) is 82.3 Å². The Morgan fingerprint density at radius 2 is 1.38 bits per heavy atom. The molecule has 0 unspecified atom stereocenters. The highest BCUT2D eigenvalue weighted by Gasteiger charge is 2.30. The molecule has 2 aromatic rings. The van der Waals surface area contributed by atoms with E-state index in [2.05, 4.69) is 10.4 Å². The lowest BCUT2D eigenvalue weighted by atomic mass is 9.80. The summed E-state index contributed by atoms with van der Waals surface area (Å²) >= 11 is 0. The van der Waals surface area contributed by atoms with Gasteiger partial charge in [-0.3, -0.25) is 19.4 Å². The van der Waals surface area contributed by atoms with Crippen molar-refractivity contribution in [2.75, 3.05) is 46.4 Å². The molecule has 0 aliphatic carbocycles. The second-order valence-corrected chi connectivity index (χ2v) is 13.2. The van der Waals surface area contributed by atoms with Gasteiger partial charge in [0.05, 0.1) is 6.04 Å². The van der Waals surface area contributed by atoms with Crippen LogP contribution in [0.3, 0.4) is 0 Å². The molecule has 3 fully saturated rings. The molecule has 2 N–H and O–H groups in total. The Labute approximate surface area is 280 Å². The third kappa shape index (κ3) is 10.5. The van der Waals surface area contributed by atoms with Crippen LogP contribution in [0.25, 0.3) is 0 Å². The number of nitrogens with zero attached hydrogens (tertiary/aromatic N) is 4. The summed E-state index contributed by atoms with van der Waals surface area (Å²) in [5, 5.41) is 18.5. The third-order valence-corrected chi connectivity index (χ3v) is 9.86. The van der Waals surface area contributed by atoms with Gasteiger partial charge in [0.15, 0.2) is 5.84 Å². The first kappa shape index (κ1) is 35.9. The van der Waals surface area contributed by atoms with E-state index in [1.165, 1.54) is 5.56 Å². The van der Waals surface area contributed by atoms with E-state index in [0.29, 0.717) is 43.4 Å². The Bertz CT molecular complexity index is 1320. The topological polar surface area (TPSA) is 115 Å². The smallest absolute Gasteiger partial charge is 0.223 e. The summed E-state index contributed by atoms with van der Waals surface area (Å²) in [5.41, 5.74) is 3.95. The molecule has 10 nitrogen and oxygen atoms in total. The second-order valence-electron chi connectivity index (χ2n) is 13.2. The Balaban J connectivity index is 0.000000427. The number of hydrazone groups is 1. The van der Waals surface area contributed by atoms with Crippen LogP contribution in [0.15, 0.2) is 47.6 Å². The molecule has 3 saturated heterocycles. The molecule has 0 saturated carbocycles. The Morgan fingerprint density at radius 1 is 0.872 bits per heavy atom. The van der Waals surface area contributed by atoms with Gasteiger partial charge in [-0.25, -0.2) is 0 Å². The molecule has 3 aliphatic rings. The van der Waals surface area contributed by atoms with Crippen molar-refractivity contribution in [3.8, 4) is 5.75 Å². The van der Waals surface area contributed by atoms with Crippen LogP contribution < -0.4 is 5.32 Å². The van der Waals surface area contributed by atoms with Crippen LogP contribution >= 0.6 is 0 Å². The Morgan fingerprint density at radius 3 is 1.91 bits per heavy atom. The lowest BCUT2D eigenvalue weighted by Gasteiger charge is -2.38. The average Bonchev–Trinajstić information content (AvgIpc) is 3.10. The number of hydrogen-bond acceptors (Lipinski definition) is 7. The Kier molecular flexibility index (Phi) is 13.6. The number of amidine groups is 1. The number of aryl methyl sites for hydroxylation is 3. The fourth-order valence-corrected chi connectivity index (χ4v) is 7.06. The molecule has 256 valence electrons. The molecular formula is C37H53N5O5. The number of ether oxygens (including phenoxy) is 1. The van der Waals surface area contributed by atoms with Gasteiger partial charge >= 0.3 is 0 Å². The molecule has 5 rings (SSSR count). The Hall–Kier alpha value is -3.92. The SMILES string of the molecule is CN(/N=C(\NC=O)c1ccccc1)C1CCN(C(=O)CCC(=O)N2CCC(C3CCOCC3)CC2)CC1.Cc1cc(C)c(O)c(C)c1. The highest BCUT2D eigenvalue weighted by molar-refractivity contribution is 6.03. The largest absolute Gasteiger partial charge is 0.507 e. The molecule has 2 aromatic carbocycles. The van der Waals surface area contributed by atoms with E-state index in [1.54, 1.807) is 0 Å². The monoisotopic (exact) mass is 647 g/mol. The van der Waals surface area contributed by atoms with Gasteiger partial charge in [0.25, 0.3) is 0 Å². The minimum absolute atomic E-state index is 0.0580. The van der Waals surface area contributed by atoms with Crippen LogP contribution in [0.4, 0.5) is 0 Å². The zero-order chi connectivity index (χ0) is 33.8. The first-order valence-electron chi connectivity index (χ1n) is 17.1. The molecule has 10 heteroatoms. The van der Waals surface area contributed by atoms with E-state index in [9.17, 15) is 19.5 Å². The number of hydrogen-bond donors (Lipinski definition) is 2. The summed E-state index contributed by atoms with van der Waals surface area (Å²) in [6, 6.07) is 13.7. The maximum Gasteiger partial charge on any atom is 0.223 e. The van der Waals surface area contributed by atoms with Gasteiger partial charge in [-0.15, -0.1) is 0 Å². The zero-order valence-corrected chi connectivity index (χ0v) is 28.6. The van der Waals surface area contributed by atoms with Gasteiger partial charge < -0.3 is 25.0 Å². The minimum atomic E-state index is 0.0580. The molecule has 0 aromatic heterocycles. The number of carbonyl (C=O) groups excluding carboxylic acids is 3. The van der Waals surface area contributed by atoms with Gasteiger partial charge in [0, 0.05) is 64.8 Å². The maximum atomic E-state index is 12.8. The molecule has 3 aliphatic heterocycles. The van der Waals surface area contributed by atoms with Crippen molar-refractivity contribution in [3.63, 3.8) is 0 Å². The van der Waals surface area contributed by atoms with E-state index in [-0.39, 0.29) is 24.3 Å². The first-order valence-corrected chi connectivity index (χ1v) is 17.1. The molecular weight excluding hydrogens is 594 g/mol. The normalized spacial score (nSPS) is 18.3. The maximum absolute atomic E-state index is 12.8. The van der Waals surface area contributed by atoms with Crippen molar-refractivity contribution in [1.82, 2.24) is 20.1 Å². The number of carbonyl (C=O) groups is 3. The predicted molar refractivity (Wildman–Crippen MR) is 184 cm³/mol. The van der Waals surface area contributed by atoms with Gasteiger partial charge in [0.2, 0.25) is 18.2 Å². The number of amides is 3. The standard InChI is InChI=1S/C28H41N5O4.C9H12O/c1-31(30-28(29-21-34)24-5-3-2-4-6-24)25-11-17-33(18-12-25)27(36)8-7-26(35)32-15-9-22(10-16-32)23-13-19-37-20-14-23;1-6-4-7(2)9(10)8(3)5-6/h2-6,21-23,25H,7-20H2,1H3,(H,29,30,34);4-5,10H,1-3H3. The molecule has 0 atom stereocenters. The third-order valence-electron chi connectivity index (χ3n) is 9.86. The van der Waals surface area contributed by atoms with Crippen molar-refractivity contribution >= 4 is 24.1 Å². The molecule has 0 spiro atoms. The zero-order valence-electron chi connectivity index (χ0n) is 28.6. The van der Waals surface area contributed by atoms with Crippen LogP contribution in [-0.4, -0.2) is 96.5 Å². The molecule has 47 heavy (non-hydrogen) atoms. The van der Waals surface area contributed by atoms with E-state index in [0.717, 1.165) is 87.4 Å². The van der Waals surface area contributed by atoms with E-state index < -0.39 is 0 Å². The lowest BCUT2D eigenvalue weighted by molar-refractivity contribution is -0.138. The van der Waals surface area contributed by atoms with Gasteiger partial charge in [-0.2, -0.15) is 5.10 Å². The van der Waals surface area contributed by atoms with E-state index >= 15 is 0 Å². The molecule has 3 amide bonds. The first-order chi connectivity index (χ1) is 22.7. The highest BCUT2D eigenvalue weighted by atomic mass is 16.5. The quantitative estimate of drug-likeness (QED) is 0.185. The van der Waals surface area contributed by atoms with Crippen LogP contribution in [-0.2, 0) is 19.1 Å². The highest BCUT2D eigenvalue weighted by Crippen LogP contribution is 2.32. The van der Waals surface area contributed by atoms with Crippen molar-refractivity contribution in [1.29, 1.82) is 0 Å². The van der Waals surface area contributed by atoms with Crippen LogP contribution in [0.1, 0.15) is 73.6 Å². The van der Waals surface area contributed by atoms with Crippen molar-refractivity contribution in [2.24, 2.45) is 16.9 Å². The van der Waals surface area contributed by atoms with Crippen LogP contribution in [0.5, 0.6) is 5.75 Å². The average molecular weight is 648 g/mol. The fourth-order valence-electron chi connectivity index (χ4n) is 7.06. The number of phenols is 1. The van der Waals surface area contributed by atoms with E-state index in [4.69, 9.17) is 4.74 Å². The number of phenolic OH excluding ortho intramolecular Hbond substituents is 1. The molecule has 0 radical (unpaired) electrons. The number of piperidine rings is 2. The van der Waals surface area contributed by atoms with Crippen molar-refractivity contribution < 1.29 is 24.2 Å². The summed E-state index contributed by atoms with van der Waals surface area (Å²) < 4.78 is 5.49. The predicted octanol–water partition coefficient (Wildman–Crippen LogP) is 4.78. The van der Waals surface area contributed by atoms with E-state index in [1.807, 2.05) is 85.1 Å². The number of likely N-dealkylation sites (tertiary alicyclic amines) is 2. The minimum Gasteiger partial charge on any atom is -0.507 e. The van der Waals surface area contributed by atoms with Crippen LogP contribution in [0.2, 0.25) is 0 Å². The number of nitrogens with one attached hydrogen (secondary N) is 1. The summed E-state index contributed by atoms with van der Waals surface area (Å²) in [5.74, 6) is 2.54. The summed E-state index contributed by atoms with van der Waals surface area (Å²) in [6.07, 6.45) is 7.24. The summed E-state index contributed by atoms with van der Waals surface area (Å²) in [7, 11) is 1.90. The number of aromatic hydroxyl groups is 1. The van der Waals surface area contributed by atoms with Crippen molar-refractivity contribution in [2.45, 2.75) is 78.2 Å². The number of benzene rings is 2. The summed E-state index contributed by atoms with van der Waals surface area (Å²) in [4.78, 5) is 40.5. The molecule has 0 bridgehead atoms. The van der Waals surface area contributed by atoms with Crippen LogP contribution in [0, 0.1) is 32.6 Å². The van der Waals surface area contributed by atoms with Crippen molar-refractivity contribution in [3.05, 3.63) is 64.7 Å². The lowest BCUT2D eigenvalue weighted by Crippen LogP contribution is -2.45.